The topological polar surface area (TPSA) is 86.8 Å². The number of halogens is 2. The first-order valence-electron chi connectivity index (χ1n) is 11.5. The van der Waals surface area contributed by atoms with Crippen LogP contribution in [0, 0.1) is 6.92 Å². The molecule has 0 saturated heterocycles. The summed E-state index contributed by atoms with van der Waals surface area (Å²) >= 11 is 12.3. The van der Waals surface area contributed by atoms with Gasteiger partial charge in [-0.25, -0.2) is 8.42 Å². The fourth-order valence-electron chi connectivity index (χ4n) is 3.88. The highest BCUT2D eigenvalue weighted by atomic mass is 35.5. The van der Waals surface area contributed by atoms with Gasteiger partial charge < -0.3 is 10.2 Å². The second-order valence-electron chi connectivity index (χ2n) is 8.36. The molecule has 2 aromatic carbocycles. The summed E-state index contributed by atoms with van der Waals surface area (Å²) in [5.41, 5.74) is 2.24. The van der Waals surface area contributed by atoms with E-state index in [1.807, 2.05) is 45.0 Å². The van der Waals surface area contributed by atoms with Crippen LogP contribution in [-0.4, -0.2) is 50.5 Å². The zero-order valence-corrected chi connectivity index (χ0v) is 22.9. The zero-order valence-electron chi connectivity index (χ0n) is 20.6. The summed E-state index contributed by atoms with van der Waals surface area (Å²) in [4.78, 5) is 27.7. The first kappa shape index (κ1) is 28.9. The number of carbonyl (C=O) groups excluding carboxylic acids is 2. The van der Waals surface area contributed by atoms with Crippen LogP contribution in [0.2, 0.25) is 10.0 Å². The number of sulfonamides is 1. The molecular formula is C25H33Cl2N3O4S. The largest absolute Gasteiger partial charge is 0.355 e. The van der Waals surface area contributed by atoms with Gasteiger partial charge in [0.2, 0.25) is 21.8 Å². The van der Waals surface area contributed by atoms with Crippen LogP contribution in [0.4, 0.5) is 5.69 Å². The van der Waals surface area contributed by atoms with Gasteiger partial charge in [0.1, 0.15) is 6.04 Å². The molecule has 0 unspecified atom stereocenters. The summed E-state index contributed by atoms with van der Waals surface area (Å²) in [7, 11) is -3.67. The third-order valence-corrected chi connectivity index (χ3v) is 7.24. The van der Waals surface area contributed by atoms with Crippen molar-refractivity contribution in [3.8, 4) is 0 Å². The number of nitrogens with zero attached hydrogens (tertiary/aromatic N) is 2. The Kier molecular flexibility index (Phi) is 10.9. The van der Waals surface area contributed by atoms with E-state index < -0.39 is 16.1 Å². The monoisotopic (exact) mass is 541 g/mol. The van der Waals surface area contributed by atoms with Crippen LogP contribution < -0.4 is 9.62 Å². The molecule has 10 heteroatoms. The smallest absolute Gasteiger partial charge is 0.242 e. The van der Waals surface area contributed by atoms with Crippen molar-refractivity contribution in [2.45, 2.75) is 52.6 Å². The van der Waals surface area contributed by atoms with Crippen LogP contribution in [0.5, 0.6) is 0 Å². The van der Waals surface area contributed by atoms with Crippen molar-refractivity contribution in [1.82, 2.24) is 10.2 Å². The van der Waals surface area contributed by atoms with Gasteiger partial charge in [-0.05, 0) is 50.5 Å². The fraction of sp³-hybridized carbons (Fsp3) is 0.440. The zero-order chi connectivity index (χ0) is 26.2. The molecule has 2 rings (SSSR count). The number of aryl methyl sites for hydroxylation is 1. The van der Waals surface area contributed by atoms with Gasteiger partial charge >= 0.3 is 0 Å². The fourth-order valence-corrected chi connectivity index (χ4v) is 5.28. The lowest BCUT2D eigenvalue weighted by molar-refractivity contribution is -0.141. The van der Waals surface area contributed by atoms with Gasteiger partial charge in [-0.15, -0.1) is 0 Å². The Morgan fingerprint density at radius 2 is 1.80 bits per heavy atom. The lowest BCUT2D eigenvalue weighted by Gasteiger charge is -2.31. The van der Waals surface area contributed by atoms with Crippen molar-refractivity contribution >= 4 is 50.7 Å². The van der Waals surface area contributed by atoms with Gasteiger partial charge in [-0.2, -0.15) is 0 Å². The van der Waals surface area contributed by atoms with Crippen molar-refractivity contribution < 1.29 is 18.0 Å². The molecule has 1 atom stereocenters. The van der Waals surface area contributed by atoms with Gasteiger partial charge in [-0.3, -0.25) is 13.9 Å². The Balaban J connectivity index is 2.24. The van der Waals surface area contributed by atoms with E-state index in [0.29, 0.717) is 18.0 Å². The number of carbonyl (C=O) groups is 2. The SMILES string of the molecule is CCNC(=O)[C@H](CC)N(Cc1cccc(C)c1)C(=O)CCCN(c1cc(Cl)ccc1Cl)S(C)(=O)=O. The van der Waals surface area contributed by atoms with E-state index in [0.717, 1.165) is 21.7 Å². The molecule has 2 aromatic rings. The molecule has 35 heavy (non-hydrogen) atoms. The summed E-state index contributed by atoms with van der Waals surface area (Å²) in [5.74, 6) is -0.435. The number of nitrogens with one attached hydrogen (secondary N) is 1. The second-order valence-corrected chi connectivity index (χ2v) is 11.1. The molecule has 2 amide bonds. The highest BCUT2D eigenvalue weighted by Gasteiger charge is 2.29. The highest BCUT2D eigenvalue weighted by molar-refractivity contribution is 7.92. The Morgan fingerprint density at radius 3 is 2.40 bits per heavy atom. The molecule has 0 fully saturated rings. The number of anilines is 1. The van der Waals surface area contributed by atoms with E-state index in [1.54, 1.807) is 11.0 Å². The number of benzene rings is 2. The van der Waals surface area contributed by atoms with E-state index in [-0.39, 0.29) is 48.5 Å². The Bertz CT molecular complexity index is 1140. The molecule has 1 N–H and O–H groups in total. The molecule has 0 aromatic heterocycles. The van der Waals surface area contributed by atoms with E-state index in [1.165, 1.54) is 12.1 Å². The van der Waals surface area contributed by atoms with Crippen molar-refractivity contribution in [3.05, 3.63) is 63.6 Å². The Morgan fingerprint density at radius 1 is 1.09 bits per heavy atom. The van der Waals surface area contributed by atoms with Crippen LogP contribution in [0.15, 0.2) is 42.5 Å². The van der Waals surface area contributed by atoms with Crippen LogP contribution in [-0.2, 0) is 26.2 Å². The number of rotatable bonds is 12. The summed E-state index contributed by atoms with van der Waals surface area (Å²) < 4.78 is 26.1. The van der Waals surface area contributed by atoms with Gasteiger partial charge in [0, 0.05) is 31.1 Å². The van der Waals surface area contributed by atoms with Crippen LogP contribution in [0.3, 0.4) is 0 Å². The minimum atomic E-state index is -3.67. The van der Waals surface area contributed by atoms with Crippen molar-refractivity contribution in [3.63, 3.8) is 0 Å². The molecule has 0 radical (unpaired) electrons. The maximum absolute atomic E-state index is 13.4. The van der Waals surface area contributed by atoms with Crippen molar-refractivity contribution in [2.75, 3.05) is 23.7 Å². The third kappa shape index (κ3) is 8.40. The second kappa shape index (κ2) is 13.1. The number of amides is 2. The molecule has 0 saturated carbocycles. The summed E-state index contributed by atoms with van der Waals surface area (Å²) in [6.45, 7) is 6.46. The van der Waals surface area contributed by atoms with Gasteiger partial charge in [0.15, 0.2) is 0 Å². The van der Waals surface area contributed by atoms with E-state index >= 15 is 0 Å². The van der Waals surface area contributed by atoms with Crippen LogP contribution in [0.1, 0.15) is 44.2 Å². The van der Waals surface area contributed by atoms with Crippen molar-refractivity contribution in [2.24, 2.45) is 0 Å². The average Bonchev–Trinajstić information content (AvgIpc) is 2.77. The van der Waals surface area contributed by atoms with E-state index in [4.69, 9.17) is 23.2 Å². The van der Waals surface area contributed by atoms with Crippen LogP contribution >= 0.6 is 23.2 Å². The molecule has 0 bridgehead atoms. The maximum Gasteiger partial charge on any atom is 0.242 e. The average molecular weight is 543 g/mol. The molecule has 0 aliphatic rings. The highest BCUT2D eigenvalue weighted by Crippen LogP contribution is 2.31. The van der Waals surface area contributed by atoms with Crippen molar-refractivity contribution in [1.29, 1.82) is 0 Å². The van der Waals surface area contributed by atoms with Gasteiger partial charge in [-0.1, -0.05) is 60.0 Å². The molecule has 0 heterocycles. The minimum absolute atomic E-state index is 0.0425. The molecule has 192 valence electrons. The van der Waals surface area contributed by atoms with Gasteiger partial charge in [0.25, 0.3) is 0 Å². The molecule has 0 aliphatic carbocycles. The van der Waals surface area contributed by atoms with Gasteiger partial charge in [0.05, 0.1) is 17.0 Å². The van der Waals surface area contributed by atoms with E-state index in [2.05, 4.69) is 5.32 Å². The first-order chi connectivity index (χ1) is 16.5. The number of likely N-dealkylation sites (N-methyl/N-ethyl adjacent to an activating group) is 1. The minimum Gasteiger partial charge on any atom is -0.355 e. The lowest BCUT2D eigenvalue weighted by Crippen LogP contribution is -2.49. The number of hydrogen-bond acceptors (Lipinski definition) is 4. The predicted molar refractivity (Wildman–Crippen MR) is 142 cm³/mol. The quantitative estimate of drug-likeness (QED) is 0.418. The van der Waals surface area contributed by atoms with Crippen LogP contribution in [0.25, 0.3) is 0 Å². The normalized spacial score (nSPS) is 12.2. The third-order valence-electron chi connectivity index (χ3n) is 5.50. The summed E-state index contributed by atoms with van der Waals surface area (Å²) in [6.07, 6.45) is 1.84. The maximum atomic E-state index is 13.4. The first-order valence-corrected chi connectivity index (χ1v) is 14.1. The van der Waals surface area contributed by atoms with E-state index in [9.17, 15) is 18.0 Å². The predicted octanol–water partition coefficient (Wildman–Crippen LogP) is 4.79. The summed E-state index contributed by atoms with van der Waals surface area (Å²) in [6, 6.07) is 11.8. The molecule has 7 nitrogen and oxygen atoms in total. The molecule has 0 spiro atoms. The Labute approximate surface area is 218 Å². The Hall–Kier alpha value is -2.29. The number of hydrogen-bond donors (Lipinski definition) is 1. The molecular weight excluding hydrogens is 509 g/mol. The standard InChI is InChI=1S/C25H33Cl2N3O4S/c1-5-22(25(32)28-6-2)29(17-19-10-7-9-18(3)15-19)24(31)11-8-14-30(35(4,33)34)23-16-20(26)12-13-21(23)27/h7,9-10,12-13,15-16,22H,5-6,8,11,14,17H2,1-4H3,(H,28,32)/t22-/m0/s1. The summed E-state index contributed by atoms with van der Waals surface area (Å²) in [5, 5.41) is 3.41. The molecule has 0 aliphatic heterocycles. The lowest BCUT2D eigenvalue weighted by atomic mass is 10.1.